The highest BCUT2D eigenvalue weighted by Gasteiger charge is 1.45. The summed E-state index contributed by atoms with van der Waals surface area (Å²) in [7, 11) is -3.45. The first-order chi connectivity index (χ1) is 3.15. The Bertz CT molecular complexity index is 56.7. The normalized spacial score (nSPS) is 11.0. The van der Waals surface area contributed by atoms with E-state index in [1.807, 2.05) is 0 Å². The van der Waals surface area contributed by atoms with Crippen molar-refractivity contribution in [2.45, 2.75) is 0 Å². The average molecular weight is 130 g/mol. The highest BCUT2D eigenvalue weighted by molar-refractivity contribution is 7.16. The lowest BCUT2D eigenvalue weighted by molar-refractivity contribution is 0.523. The van der Waals surface area contributed by atoms with Crippen molar-refractivity contribution in [3.05, 3.63) is 0 Å². The van der Waals surface area contributed by atoms with Crippen molar-refractivity contribution in [3.63, 3.8) is 0 Å². The summed E-state index contributed by atoms with van der Waals surface area (Å²) >= 11 is 0. The lowest BCUT2D eigenvalue weighted by Gasteiger charge is -1.24. The second-order valence-electron chi connectivity index (χ2n) is 0.163. The minimum atomic E-state index is -2.62. The van der Waals surface area contributed by atoms with Gasteiger partial charge in [-0.1, -0.05) is 0 Å². The van der Waals surface area contributed by atoms with Gasteiger partial charge in [0.05, 0.1) is 0 Å². The van der Waals surface area contributed by atoms with Crippen LogP contribution in [-0.2, 0) is 9.13 Å². The summed E-state index contributed by atoms with van der Waals surface area (Å²) in [5.41, 5.74) is 0. The molecule has 0 aliphatic rings. The Labute approximate surface area is 38.7 Å². The number of hydrogen-bond donors (Lipinski definition) is 2. The predicted molar refractivity (Wildman–Crippen MR) is 21.0 cm³/mol. The van der Waals surface area contributed by atoms with E-state index in [1.165, 1.54) is 0 Å². The van der Waals surface area contributed by atoms with Gasteiger partial charge in [0.1, 0.15) is 0 Å². The first-order valence-corrected chi connectivity index (χ1v) is 2.30. The number of hydrogen-bond acceptors (Lipinski definition) is 2. The minimum absolute atomic E-state index is 0.833. The van der Waals surface area contributed by atoms with Crippen LogP contribution in [-0.4, -0.2) is 11.1 Å². The highest BCUT2D eigenvalue weighted by atomic mass is 31.1. The summed E-state index contributed by atoms with van der Waals surface area (Å²) in [6.45, 7) is 0. The van der Waals surface area contributed by atoms with E-state index >= 15 is 0 Å². The van der Waals surface area contributed by atoms with Crippen molar-refractivity contribution in [1.29, 1.82) is 1.28 Å². The van der Waals surface area contributed by atoms with Gasteiger partial charge in [-0.2, -0.15) is 4.89 Å². The molecule has 4 nitrogen and oxygen atoms in total. The fourth-order valence-corrected chi connectivity index (χ4v) is 0. The molecule has 0 aliphatic heterocycles. The fourth-order valence-electron chi connectivity index (χ4n) is 0. The molecule has 1 unspecified atom stereocenters. The predicted octanol–water partition coefficient (Wildman–Crippen LogP) is 0.103. The van der Waals surface area contributed by atoms with Crippen molar-refractivity contribution >= 4 is 17.3 Å². The molecule has 2 N–H and O–H groups in total. The van der Waals surface area contributed by atoms with Crippen LogP contribution < -0.4 is 0 Å². The van der Waals surface area contributed by atoms with Crippen LogP contribution in [0, 0.1) is 0 Å². The van der Waals surface area contributed by atoms with Crippen LogP contribution in [0.15, 0.2) is 0 Å². The maximum atomic E-state index is 8.81. The number of rotatable bonds is 0. The summed E-state index contributed by atoms with van der Waals surface area (Å²) in [5.74, 6) is 0. The Hall–Kier alpha value is 0.120. The molecule has 0 heterocycles. The summed E-state index contributed by atoms with van der Waals surface area (Å²) in [6, 6.07) is 0. The molecule has 1 atom stereocenters. The maximum Gasteiger partial charge on any atom is 0.491 e. The smallest absolute Gasteiger partial charge is 0.310 e. The molecule has 0 aromatic rings. The van der Waals surface area contributed by atoms with Crippen molar-refractivity contribution in [1.82, 2.24) is 0 Å². The molecule has 0 radical (unpaired) electrons. The third-order valence-electron chi connectivity index (χ3n) is 0. The zero-order valence-corrected chi connectivity index (χ0v) is 4.39. The zero-order chi connectivity index (χ0) is 6.28. The van der Waals surface area contributed by atoms with E-state index in [-0.39, 0.29) is 0 Å². The van der Waals surface area contributed by atoms with Crippen molar-refractivity contribution in [3.8, 4) is 0 Å². The Kier molecular flexibility index (Phi) is 19.7. The molecular formula is H3O4P2+. The van der Waals surface area contributed by atoms with E-state index < -0.39 is 17.3 Å². The van der Waals surface area contributed by atoms with Crippen LogP contribution in [0.25, 0.3) is 0 Å². The third kappa shape index (κ3) is 2790. The van der Waals surface area contributed by atoms with Crippen LogP contribution >= 0.6 is 17.3 Å². The summed E-state index contributed by atoms with van der Waals surface area (Å²) in [6.07, 6.45) is 0. The van der Waals surface area contributed by atoms with Gasteiger partial charge in [0, 0.05) is 0 Å². The summed E-state index contributed by atoms with van der Waals surface area (Å²) in [4.78, 5) is 14.2. The van der Waals surface area contributed by atoms with Crippen LogP contribution in [0.3, 0.4) is 0 Å². The molecule has 0 amide bonds. The molecule has 0 saturated carbocycles. The molecule has 0 fully saturated rings. The Morgan fingerprint density at radius 1 is 2.00 bits per heavy atom. The van der Waals surface area contributed by atoms with Gasteiger partial charge in [-0.05, 0) is 4.57 Å². The van der Waals surface area contributed by atoms with Gasteiger partial charge in [-0.3, -0.25) is 0 Å². The van der Waals surface area contributed by atoms with Crippen LogP contribution in [0.5, 0.6) is 0 Å². The minimum Gasteiger partial charge on any atom is -0.310 e. The molecule has 0 saturated heterocycles. The lowest BCUT2D eigenvalue weighted by Crippen LogP contribution is -1.03. The second-order valence-corrected chi connectivity index (χ2v) is 0.490. The average Bonchev–Trinajstić information content (AvgIpc) is 1.33. The van der Waals surface area contributed by atoms with Gasteiger partial charge in [-0.25, -0.2) is 4.57 Å². The molecule has 6 heavy (non-hydrogen) atoms. The van der Waals surface area contributed by atoms with Gasteiger partial charge in [0.25, 0.3) is 0 Å². The molecule has 0 bridgehead atoms. The molecule has 6 heteroatoms. The molecule has 0 aromatic heterocycles. The topological polar surface area (TPSA) is 74.6 Å². The van der Waals surface area contributed by atoms with Gasteiger partial charge in [-0.15, -0.1) is 0 Å². The van der Waals surface area contributed by atoms with Crippen LogP contribution in [0.1, 0.15) is 0 Å². The quantitative estimate of drug-likeness (QED) is 0.456. The Morgan fingerprint density at radius 2 is 2.00 bits per heavy atom. The highest BCUT2D eigenvalue weighted by Crippen LogP contribution is 1.66. The SMILES string of the molecule is O=PO.[2H][P+](=O)O. The van der Waals surface area contributed by atoms with Crippen LogP contribution in [0.2, 0.25) is 0 Å². The first-order valence-electron chi connectivity index (χ1n) is 1.21. The Morgan fingerprint density at radius 3 is 2.00 bits per heavy atom. The van der Waals surface area contributed by atoms with Crippen LogP contribution in [0.4, 0.5) is 0 Å². The van der Waals surface area contributed by atoms with E-state index in [0.29, 0.717) is 0 Å². The fraction of sp³-hybridized carbons (Fsp3) is 0. The molecule has 0 aromatic carbocycles. The van der Waals surface area contributed by atoms with E-state index in [2.05, 4.69) is 0 Å². The van der Waals surface area contributed by atoms with Gasteiger partial charge < -0.3 is 4.89 Å². The lowest BCUT2D eigenvalue weighted by atomic mass is 15.9. The monoisotopic (exact) mass is 130 g/mol. The van der Waals surface area contributed by atoms with E-state index in [9.17, 15) is 0 Å². The molecule has 0 aliphatic carbocycles. The van der Waals surface area contributed by atoms with Gasteiger partial charge in [0.15, 0.2) is 0 Å². The first kappa shape index (κ1) is 6.12. The molecule has 0 spiro atoms. The van der Waals surface area contributed by atoms with Crippen molar-refractivity contribution in [2.75, 3.05) is 0 Å². The second kappa shape index (κ2) is 19.3. The summed E-state index contributed by atoms with van der Waals surface area (Å²) < 4.78 is 22.9. The van der Waals surface area contributed by atoms with Gasteiger partial charge in [0.2, 0.25) is 0 Å². The molecule has 36 valence electrons. The maximum absolute atomic E-state index is 8.81. The Balaban J connectivity index is 0. The van der Waals surface area contributed by atoms with Gasteiger partial charge >= 0.3 is 18.6 Å². The van der Waals surface area contributed by atoms with Crippen molar-refractivity contribution in [2.24, 2.45) is 0 Å². The van der Waals surface area contributed by atoms with E-state index in [4.69, 9.17) is 20.2 Å². The van der Waals surface area contributed by atoms with E-state index in [1.54, 1.807) is 0 Å². The largest absolute Gasteiger partial charge is 0.491 e. The molecular weight excluding hydrogens is 126 g/mol. The standard InChI is InChI=1S/2HO2P/c2*1-3-2/h(H,1,2);3H/p+1/i;3D. The summed E-state index contributed by atoms with van der Waals surface area (Å²) in [5, 5.41) is 0. The third-order valence-corrected chi connectivity index (χ3v) is 0. The van der Waals surface area contributed by atoms with Crippen molar-refractivity contribution < 1.29 is 18.9 Å². The zero-order valence-electron chi connectivity index (χ0n) is 3.61. The molecule has 0 rings (SSSR count). The van der Waals surface area contributed by atoms with E-state index in [0.717, 1.165) is 0 Å².